The molecule has 4 rings (SSSR count). The monoisotopic (exact) mass is 460 g/mol. The molecule has 0 fully saturated rings. The van der Waals surface area contributed by atoms with E-state index in [4.69, 9.17) is 9.73 Å². The van der Waals surface area contributed by atoms with Gasteiger partial charge < -0.3 is 4.74 Å². The highest BCUT2D eigenvalue weighted by atomic mass is 16.6. The first-order valence-corrected chi connectivity index (χ1v) is 11.4. The van der Waals surface area contributed by atoms with Gasteiger partial charge in [-0.25, -0.2) is 0 Å². The summed E-state index contributed by atoms with van der Waals surface area (Å²) in [6.07, 6.45) is 1.51. The van der Waals surface area contributed by atoms with E-state index in [1.807, 2.05) is 44.2 Å². The van der Waals surface area contributed by atoms with E-state index in [1.54, 1.807) is 19.1 Å². The van der Waals surface area contributed by atoms with Crippen molar-refractivity contribution in [2.45, 2.75) is 46.0 Å². The molecule has 176 valence electrons. The quantitative estimate of drug-likeness (QED) is 0.335. The predicted molar refractivity (Wildman–Crippen MR) is 129 cm³/mol. The van der Waals surface area contributed by atoms with Crippen LogP contribution in [-0.2, 0) is 20.7 Å². The van der Waals surface area contributed by atoms with E-state index in [2.05, 4.69) is 0 Å². The van der Waals surface area contributed by atoms with Crippen molar-refractivity contribution in [1.82, 2.24) is 0 Å². The summed E-state index contributed by atoms with van der Waals surface area (Å²) in [6.45, 7) is 6.00. The minimum absolute atomic E-state index is 0.0684. The Bertz CT molecular complexity index is 1200. The lowest BCUT2D eigenvalue weighted by Gasteiger charge is -2.38. The fourth-order valence-corrected chi connectivity index (χ4v) is 4.95. The smallest absolute Gasteiger partial charge is 0.315 e. The lowest BCUT2D eigenvalue weighted by Crippen LogP contribution is -2.39. The third kappa shape index (κ3) is 4.83. The van der Waals surface area contributed by atoms with Gasteiger partial charge in [-0.05, 0) is 29.9 Å². The molecule has 0 aromatic heterocycles. The zero-order valence-electron chi connectivity index (χ0n) is 19.6. The number of nitro groups is 1. The van der Waals surface area contributed by atoms with Gasteiger partial charge in [0.25, 0.3) is 5.69 Å². The number of allylic oxidation sites excluding steroid dienone is 2. The number of hydrogen-bond donors (Lipinski definition) is 0. The second-order valence-electron chi connectivity index (χ2n) is 9.77. The maximum absolute atomic E-state index is 13.3. The molecule has 34 heavy (non-hydrogen) atoms. The Morgan fingerprint density at radius 1 is 1.15 bits per heavy atom. The third-order valence-corrected chi connectivity index (χ3v) is 6.47. The molecule has 0 N–H and O–H groups in total. The fraction of sp³-hybridized carbons (Fsp3) is 0.370. The highest BCUT2D eigenvalue weighted by Gasteiger charge is 2.46. The zero-order valence-corrected chi connectivity index (χ0v) is 19.6. The molecule has 2 aliphatic rings. The van der Waals surface area contributed by atoms with Crippen LogP contribution in [0.4, 0.5) is 5.69 Å². The second kappa shape index (κ2) is 9.33. The Balaban J connectivity index is 1.70. The number of aliphatic imine (C=N–C) groups is 1. The van der Waals surface area contributed by atoms with E-state index >= 15 is 0 Å². The Morgan fingerprint density at radius 3 is 2.59 bits per heavy atom. The molecule has 2 aromatic carbocycles. The highest BCUT2D eigenvalue weighted by molar-refractivity contribution is 6.09. The van der Waals surface area contributed by atoms with Crippen LogP contribution in [0.25, 0.3) is 0 Å². The molecule has 2 atom stereocenters. The summed E-state index contributed by atoms with van der Waals surface area (Å²) in [5, 5.41) is 11.4. The number of ether oxygens (including phenoxy) is 1. The van der Waals surface area contributed by atoms with Crippen molar-refractivity contribution in [2.75, 3.05) is 6.61 Å². The molecule has 0 bridgehead atoms. The number of rotatable bonds is 6. The van der Waals surface area contributed by atoms with Gasteiger partial charge in [0.1, 0.15) is 5.92 Å². The molecule has 7 heteroatoms. The molecule has 1 aliphatic heterocycles. The number of carbonyl (C=O) groups excluding carboxylic acids is 2. The van der Waals surface area contributed by atoms with E-state index < -0.39 is 22.7 Å². The molecule has 0 spiro atoms. The number of ketones is 1. The van der Waals surface area contributed by atoms with E-state index in [0.29, 0.717) is 41.8 Å². The molecule has 0 amide bonds. The minimum Gasteiger partial charge on any atom is -0.465 e. The maximum Gasteiger partial charge on any atom is 0.315 e. The van der Waals surface area contributed by atoms with Gasteiger partial charge in [0.05, 0.1) is 11.5 Å². The Kier molecular flexibility index (Phi) is 6.46. The van der Waals surface area contributed by atoms with Crippen molar-refractivity contribution in [3.63, 3.8) is 0 Å². The standard InChI is InChI=1S/C27H28N2O5/c1-17-23(26(31)34-13-12-18-8-5-4-6-9-18)24(19-10-7-11-20(14-19)29(32)33)25-21(28-17)15-27(2,3)16-22(25)30/h4-11,14,23-24H,12-13,15-16H2,1-3H3/t23?,24-/m1/s1. The summed E-state index contributed by atoms with van der Waals surface area (Å²) in [7, 11) is 0. The van der Waals surface area contributed by atoms with E-state index in [0.717, 1.165) is 5.56 Å². The van der Waals surface area contributed by atoms with E-state index in [-0.39, 0.29) is 23.5 Å². The van der Waals surface area contributed by atoms with Gasteiger partial charge in [-0.15, -0.1) is 0 Å². The predicted octanol–water partition coefficient (Wildman–Crippen LogP) is 5.20. The van der Waals surface area contributed by atoms with Crippen LogP contribution in [0, 0.1) is 21.4 Å². The molecular weight excluding hydrogens is 432 g/mol. The topological polar surface area (TPSA) is 98.9 Å². The number of benzene rings is 2. The van der Waals surface area contributed by atoms with Gasteiger partial charge in [0, 0.05) is 47.9 Å². The summed E-state index contributed by atoms with van der Waals surface area (Å²) in [5.74, 6) is -2.03. The fourth-order valence-electron chi connectivity index (χ4n) is 4.95. The van der Waals surface area contributed by atoms with Crippen molar-refractivity contribution < 1.29 is 19.2 Å². The average Bonchev–Trinajstić information content (AvgIpc) is 2.78. The van der Waals surface area contributed by atoms with Crippen molar-refractivity contribution >= 4 is 23.2 Å². The van der Waals surface area contributed by atoms with Crippen LogP contribution in [0.5, 0.6) is 0 Å². The number of carbonyl (C=O) groups is 2. The van der Waals surface area contributed by atoms with E-state index in [1.165, 1.54) is 12.1 Å². The summed E-state index contributed by atoms with van der Waals surface area (Å²) in [4.78, 5) is 42.3. The molecule has 2 aromatic rings. The van der Waals surface area contributed by atoms with Crippen LogP contribution >= 0.6 is 0 Å². The number of esters is 1. The second-order valence-corrected chi connectivity index (χ2v) is 9.77. The highest BCUT2D eigenvalue weighted by Crippen LogP contribution is 2.48. The maximum atomic E-state index is 13.3. The average molecular weight is 461 g/mol. The van der Waals surface area contributed by atoms with Gasteiger partial charge in [0.2, 0.25) is 0 Å². The van der Waals surface area contributed by atoms with Crippen molar-refractivity contribution in [3.05, 3.63) is 87.1 Å². The van der Waals surface area contributed by atoms with E-state index in [9.17, 15) is 19.7 Å². The minimum atomic E-state index is -0.818. The first-order valence-electron chi connectivity index (χ1n) is 11.4. The molecule has 0 radical (unpaired) electrons. The SMILES string of the molecule is CC1=NC2=C(C(=O)CC(C)(C)C2)[C@H](c2cccc([N+](=O)[O-])c2)C1C(=O)OCCc1ccccc1. The number of hydrogen-bond acceptors (Lipinski definition) is 6. The van der Waals surface area contributed by atoms with Gasteiger partial charge in [-0.2, -0.15) is 0 Å². The van der Waals surface area contributed by atoms with Crippen molar-refractivity contribution in [1.29, 1.82) is 0 Å². The Labute approximate surface area is 198 Å². The lowest BCUT2D eigenvalue weighted by atomic mass is 9.67. The molecule has 1 unspecified atom stereocenters. The van der Waals surface area contributed by atoms with Crippen LogP contribution in [0.1, 0.15) is 50.7 Å². The summed E-state index contributed by atoms with van der Waals surface area (Å²) >= 11 is 0. The number of nitro benzene ring substituents is 1. The van der Waals surface area contributed by atoms with Gasteiger partial charge in [-0.1, -0.05) is 56.3 Å². The Hall–Kier alpha value is -3.61. The van der Waals surface area contributed by atoms with Gasteiger partial charge in [-0.3, -0.25) is 24.7 Å². The number of non-ortho nitro benzene ring substituents is 1. The van der Waals surface area contributed by atoms with Crippen LogP contribution < -0.4 is 0 Å². The lowest BCUT2D eigenvalue weighted by molar-refractivity contribution is -0.384. The first kappa shape index (κ1) is 23.5. The first-order chi connectivity index (χ1) is 16.2. The van der Waals surface area contributed by atoms with Crippen LogP contribution in [0.3, 0.4) is 0 Å². The van der Waals surface area contributed by atoms with Crippen molar-refractivity contribution in [3.8, 4) is 0 Å². The largest absolute Gasteiger partial charge is 0.465 e. The third-order valence-electron chi connectivity index (χ3n) is 6.47. The van der Waals surface area contributed by atoms with Gasteiger partial charge >= 0.3 is 5.97 Å². The van der Waals surface area contributed by atoms with Crippen LogP contribution in [0.2, 0.25) is 0 Å². The van der Waals surface area contributed by atoms with Crippen LogP contribution in [0.15, 0.2) is 70.9 Å². The molecule has 1 heterocycles. The Morgan fingerprint density at radius 2 is 1.88 bits per heavy atom. The molecule has 0 saturated carbocycles. The normalized spacial score (nSPS) is 21.5. The number of Topliss-reactive ketones (excluding diaryl/α,β-unsaturated/α-hetero) is 1. The van der Waals surface area contributed by atoms with Crippen LogP contribution in [-0.4, -0.2) is 29.0 Å². The van der Waals surface area contributed by atoms with Crippen molar-refractivity contribution in [2.24, 2.45) is 16.3 Å². The molecule has 1 aliphatic carbocycles. The molecular formula is C27H28N2O5. The summed E-state index contributed by atoms with van der Waals surface area (Å²) < 4.78 is 5.65. The summed E-state index contributed by atoms with van der Waals surface area (Å²) in [6, 6.07) is 15.9. The number of nitrogens with zero attached hydrogens (tertiary/aromatic N) is 2. The summed E-state index contributed by atoms with van der Waals surface area (Å²) in [5.41, 5.74) is 2.99. The molecule has 0 saturated heterocycles. The van der Waals surface area contributed by atoms with Gasteiger partial charge in [0.15, 0.2) is 5.78 Å². The molecule has 7 nitrogen and oxygen atoms in total. The zero-order chi connectivity index (χ0) is 24.5.